The third kappa shape index (κ3) is 3.56. The fraction of sp³-hybridized carbons (Fsp3) is 0.786. The number of carbonyl (C=O) groups is 1. The van der Waals surface area contributed by atoms with Crippen LogP contribution in [0.15, 0.2) is 4.52 Å². The number of rotatable bonds is 6. The van der Waals surface area contributed by atoms with E-state index in [1.165, 1.54) is 0 Å². The second-order valence-corrected chi connectivity index (χ2v) is 5.14. The minimum absolute atomic E-state index is 0.0637. The van der Waals surface area contributed by atoms with Crippen molar-refractivity contribution >= 4 is 5.91 Å². The van der Waals surface area contributed by atoms with Crippen LogP contribution in [0.5, 0.6) is 0 Å². The first-order valence-corrected chi connectivity index (χ1v) is 7.37. The van der Waals surface area contributed by atoms with Crippen LogP contribution in [0.25, 0.3) is 0 Å². The molecule has 20 heavy (non-hydrogen) atoms. The first-order valence-electron chi connectivity index (χ1n) is 7.37. The number of ether oxygens (including phenoxy) is 1. The van der Waals surface area contributed by atoms with Gasteiger partial charge in [0.05, 0.1) is 13.0 Å². The van der Waals surface area contributed by atoms with Gasteiger partial charge in [0, 0.05) is 20.1 Å². The van der Waals surface area contributed by atoms with Crippen molar-refractivity contribution in [2.75, 3.05) is 20.3 Å². The molecule has 1 amide bonds. The van der Waals surface area contributed by atoms with E-state index in [4.69, 9.17) is 9.26 Å². The number of hydrogen-bond acceptors (Lipinski definition) is 5. The summed E-state index contributed by atoms with van der Waals surface area (Å²) >= 11 is 0. The van der Waals surface area contributed by atoms with E-state index in [1.54, 1.807) is 7.11 Å². The Labute approximate surface area is 119 Å². The highest BCUT2D eigenvalue weighted by Crippen LogP contribution is 2.30. The molecule has 0 radical (unpaired) electrons. The molecule has 1 aliphatic rings. The zero-order chi connectivity index (χ0) is 14.4. The summed E-state index contributed by atoms with van der Waals surface area (Å²) in [5.74, 6) is 1.42. The van der Waals surface area contributed by atoms with Crippen molar-refractivity contribution in [1.82, 2.24) is 15.0 Å². The van der Waals surface area contributed by atoms with Crippen molar-refractivity contribution < 1.29 is 14.1 Å². The Morgan fingerprint density at radius 1 is 1.50 bits per heavy atom. The molecule has 6 nitrogen and oxygen atoms in total. The van der Waals surface area contributed by atoms with E-state index in [-0.39, 0.29) is 11.9 Å². The number of aromatic nitrogens is 2. The van der Waals surface area contributed by atoms with Crippen LogP contribution >= 0.6 is 0 Å². The smallest absolute Gasteiger partial charge is 0.249 e. The van der Waals surface area contributed by atoms with Gasteiger partial charge in [0.25, 0.3) is 0 Å². The Morgan fingerprint density at radius 2 is 2.35 bits per heavy atom. The summed E-state index contributed by atoms with van der Waals surface area (Å²) in [6.07, 6.45) is 5.22. The van der Waals surface area contributed by atoms with Crippen LogP contribution in [0.3, 0.4) is 0 Å². The average Bonchev–Trinajstić information content (AvgIpc) is 2.93. The van der Waals surface area contributed by atoms with Gasteiger partial charge >= 0.3 is 0 Å². The van der Waals surface area contributed by atoms with E-state index in [0.29, 0.717) is 18.9 Å². The highest BCUT2D eigenvalue weighted by atomic mass is 16.5. The Bertz CT molecular complexity index is 433. The van der Waals surface area contributed by atoms with Gasteiger partial charge in [-0.3, -0.25) is 4.79 Å². The second kappa shape index (κ2) is 7.38. The second-order valence-electron chi connectivity index (χ2n) is 5.14. The van der Waals surface area contributed by atoms with Crippen LogP contribution in [0, 0.1) is 0 Å². The third-order valence-electron chi connectivity index (χ3n) is 3.59. The topological polar surface area (TPSA) is 68.5 Å². The highest BCUT2D eigenvalue weighted by molar-refractivity contribution is 5.76. The Balaban J connectivity index is 2.07. The number of amides is 1. The van der Waals surface area contributed by atoms with Gasteiger partial charge in [-0.05, 0) is 25.7 Å². The predicted octanol–water partition coefficient (Wildman–Crippen LogP) is 2.11. The van der Waals surface area contributed by atoms with Gasteiger partial charge in [0.2, 0.25) is 11.8 Å². The number of methoxy groups -OCH3 is 1. The van der Waals surface area contributed by atoms with Crippen LogP contribution in [-0.4, -0.2) is 41.2 Å². The molecule has 1 aromatic heterocycles. The minimum atomic E-state index is -0.0637. The number of piperidine rings is 1. The Morgan fingerprint density at radius 3 is 3.10 bits per heavy atom. The van der Waals surface area contributed by atoms with Crippen molar-refractivity contribution in [3.8, 4) is 0 Å². The molecule has 0 N–H and O–H groups in total. The summed E-state index contributed by atoms with van der Waals surface area (Å²) < 4.78 is 10.3. The van der Waals surface area contributed by atoms with Crippen LogP contribution in [0.2, 0.25) is 0 Å². The number of aryl methyl sites for hydroxylation is 1. The quantitative estimate of drug-likeness (QED) is 0.799. The summed E-state index contributed by atoms with van der Waals surface area (Å²) in [4.78, 5) is 18.5. The lowest BCUT2D eigenvalue weighted by atomic mass is 10.0. The lowest BCUT2D eigenvalue weighted by Gasteiger charge is -2.33. The van der Waals surface area contributed by atoms with Crippen molar-refractivity contribution in [3.63, 3.8) is 0 Å². The molecule has 0 aromatic carbocycles. The standard InChI is InChI=1S/C14H23N3O3/c1-3-6-12-15-14(20-16-12)11-7-4-5-9-17(11)13(18)8-10-19-2/h11H,3-10H2,1-2H3/t11-/m0/s1. The summed E-state index contributed by atoms with van der Waals surface area (Å²) in [5, 5.41) is 3.99. The van der Waals surface area contributed by atoms with Crippen molar-refractivity contribution in [2.24, 2.45) is 0 Å². The highest BCUT2D eigenvalue weighted by Gasteiger charge is 2.31. The van der Waals surface area contributed by atoms with Crippen LogP contribution < -0.4 is 0 Å². The molecule has 6 heteroatoms. The van der Waals surface area contributed by atoms with Gasteiger partial charge in [0.1, 0.15) is 6.04 Å². The first kappa shape index (κ1) is 15.0. The molecule has 1 fully saturated rings. The van der Waals surface area contributed by atoms with Gasteiger partial charge in [-0.2, -0.15) is 4.98 Å². The van der Waals surface area contributed by atoms with E-state index >= 15 is 0 Å². The van der Waals surface area contributed by atoms with Gasteiger partial charge < -0.3 is 14.2 Å². The molecular formula is C14H23N3O3. The number of likely N-dealkylation sites (tertiary alicyclic amines) is 1. The molecule has 112 valence electrons. The van der Waals surface area contributed by atoms with Gasteiger partial charge in [-0.1, -0.05) is 12.1 Å². The largest absolute Gasteiger partial charge is 0.384 e. The summed E-state index contributed by atoms with van der Waals surface area (Å²) in [6, 6.07) is -0.0637. The molecule has 2 rings (SSSR count). The molecule has 1 atom stereocenters. The fourth-order valence-electron chi connectivity index (χ4n) is 2.55. The van der Waals surface area contributed by atoms with E-state index in [1.807, 2.05) is 4.90 Å². The average molecular weight is 281 g/mol. The molecule has 1 aliphatic heterocycles. The molecule has 0 aliphatic carbocycles. The SMILES string of the molecule is CCCc1noc([C@@H]2CCCCN2C(=O)CCOC)n1. The Kier molecular flexibility index (Phi) is 5.52. The summed E-state index contributed by atoms with van der Waals surface area (Å²) in [5.41, 5.74) is 0. The maximum atomic E-state index is 12.2. The number of nitrogens with zero attached hydrogens (tertiary/aromatic N) is 3. The minimum Gasteiger partial charge on any atom is -0.384 e. The zero-order valence-electron chi connectivity index (χ0n) is 12.3. The molecule has 1 saturated heterocycles. The van der Waals surface area contributed by atoms with Gasteiger partial charge in [-0.25, -0.2) is 0 Å². The van der Waals surface area contributed by atoms with Crippen LogP contribution in [0.4, 0.5) is 0 Å². The van der Waals surface area contributed by atoms with E-state index < -0.39 is 0 Å². The monoisotopic (exact) mass is 281 g/mol. The molecule has 0 bridgehead atoms. The molecule has 0 saturated carbocycles. The van der Waals surface area contributed by atoms with Crippen molar-refractivity contribution in [1.29, 1.82) is 0 Å². The lowest BCUT2D eigenvalue weighted by Crippen LogP contribution is -2.39. The summed E-state index contributed by atoms with van der Waals surface area (Å²) in [7, 11) is 1.61. The van der Waals surface area contributed by atoms with E-state index in [0.717, 1.165) is 44.5 Å². The third-order valence-corrected chi connectivity index (χ3v) is 3.59. The van der Waals surface area contributed by atoms with E-state index in [2.05, 4.69) is 17.1 Å². The Hall–Kier alpha value is -1.43. The molecule has 2 heterocycles. The van der Waals surface area contributed by atoms with Crippen LogP contribution in [-0.2, 0) is 16.0 Å². The van der Waals surface area contributed by atoms with Crippen molar-refractivity contribution in [3.05, 3.63) is 11.7 Å². The molecular weight excluding hydrogens is 258 g/mol. The normalized spacial score (nSPS) is 19.3. The van der Waals surface area contributed by atoms with Crippen LogP contribution in [0.1, 0.15) is 56.8 Å². The van der Waals surface area contributed by atoms with E-state index in [9.17, 15) is 4.79 Å². The summed E-state index contributed by atoms with van der Waals surface area (Å²) in [6.45, 7) is 3.29. The molecule has 1 aromatic rings. The molecule has 0 unspecified atom stereocenters. The number of carbonyl (C=O) groups excluding carboxylic acids is 1. The maximum Gasteiger partial charge on any atom is 0.249 e. The van der Waals surface area contributed by atoms with Gasteiger partial charge in [-0.15, -0.1) is 0 Å². The maximum absolute atomic E-state index is 12.2. The fourth-order valence-corrected chi connectivity index (χ4v) is 2.55. The zero-order valence-corrected chi connectivity index (χ0v) is 12.3. The molecule has 0 spiro atoms. The van der Waals surface area contributed by atoms with Gasteiger partial charge in [0.15, 0.2) is 5.82 Å². The van der Waals surface area contributed by atoms with Crippen molar-refractivity contribution in [2.45, 2.75) is 51.5 Å². The number of hydrogen-bond donors (Lipinski definition) is 0. The lowest BCUT2D eigenvalue weighted by molar-refractivity contribution is -0.136. The predicted molar refractivity (Wildman–Crippen MR) is 73.1 cm³/mol. The first-order chi connectivity index (χ1) is 9.76.